The topological polar surface area (TPSA) is 47.9 Å². The number of esters is 1. The van der Waals surface area contributed by atoms with Crippen LogP contribution in [0, 0.1) is 5.82 Å². The lowest BCUT2D eigenvalue weighted by atomic mass is 10.0. The summed E-state index contributed by atoms with van der Waals surface area (Å²) in [5.74, 6) is -1.39. The van der Waals surface area contributed by atoms with Crippen molar-refractivity contribution in [1.29, 1.82) is 0 Å². The monoisotopic (exact) mass is 349 g/mol. The molecule has 3 rings (SSSR count). The van der Waals surface area contributed by atoms with Crippen molar-refractivity contribution in [2.75, 3.05) is 0 Å². The van der Waals surface area contributed by atoms with Crippen molar-refractivity contribution in [3.8, 4) is 0 Å². The van der Waals surface area contributed by atoms with Gasteiger partial charge in [0, 0.05) is 12.0 Å². The van der Waals surface area contributed by atoms with E-state index in [1.807, 2.05) is 0 Å². The minimum absolute atomic E-state index is 0.0209. The third kappa shape index (κ3) is 3.99. The first kappa shape index (κ1) is 17.0. The van der Waals surface area contributed by atoms with Crippen LogP contribution in [0.2, 0.25) is 0 Å². The van der Waals surface area contributed by atoms with Crippen molar-refractivity contribution in [3.05, 3.63) is 71.5 Å². The first-order valence-electron chi connectivity index (χ1n) is 7.57. The molecule has 1 unspecified atom stereocenters. The zero-order valence-corrected chi connectivity index (χ0v) is 12.9. The van der Waals surface area contributed by atoms with E-state index in [2.05, 4.69) is 5.16 Å². The Morgan fingerprint density at radius 1 is 1.16 bits per heavy atom. The molecule has 2 aromatic rings. The van der Waals surface area contributed by atoms with Crippen LogP contribution >= 0.6 is 0 Å². The zero-order valence-electron chi connectivity index (χ0n) is 12.9. The van der Waals surface area contributed by atoms with Crippen molar-refractivity contribution in [1.82, 2.24) is 0 Å². The maximum Gasteiger partial charge on any atom is 0.351 e. The molecule has 0 fully saturated rings. The van der Waals surface area contributed by atoms with Crippen molar-refractivity contribution in [2.45, 2.75) is 25.1 Å². The van der Waals surface area contributed by atoms with Crippen molar-refractivity contribution < 1.29 is 27.5 Å². The smallest absolute Gasteiger partial charge is 0.351 e. The Balaban J connectivity index is 1.66. The van der Waals surface area contributed by atoms with E-state index in [0.717, 1.165) is 0 Å². The van der Waals surface area contributed by atoms with Gasteiger partial charge in [-0.15, -0.1) is 0 Å². The van der Waals surface area contributed by atoms with E-state index in [1.165, 1.54) is 30.3 Å². The molecule has 1 aliphatic rings. The Morgan fingerprint density at radius 2 is 1.92 bits per heavy atom. The lowest BCUT2D eigenvalue weighted by Crippen LogP contribution is -2.27. The van der Waals surface area contributed by atoms with Gasteiger partial charge in [0.15, 0.2) is 6.10 Å². The average molecular weight is 349 g/mol. The number of rotatable bonds is 5. The van der Waals surface area contributed by atoms with Gasteiger partial charge in [-0.1, -0.05) is 47.6 Å². The lowest BCUT2D eigenvalue weighted by Gasteiger charge is -2.18. The fourth-order valence-corrected chi connectivity index (χ4v) is 2.45. The summed E-state index contributed by atoms with van der Waals surface area (Å²) in [6, 6.07) is 13.4. The molecule has 0 aliphatic carbocycles. The maximum atomic E-state index is 13.3. The molecular weight excluding hydrogens is 335 g/mol. The Labute approximate surface area is 141 Å². The molecule has 2 atom stereocenters. The second-order valence-electron chi connectivity index (χ2n) is 5.45. The molecule has 130 valence electrons. The number of hydrogen-bond acceptors (Lipinski definition) is 4. The summed E-state index contributed by atoms with van der Waals surface area (Å²) in [6.45, 7) is 0. The molecule has 0 saturated carbocycles. The molecule has 25 heavy (non-hydrogen) atoms. The third-order valence-electron chi connectivity index (χ3n) is 3.69. The van der Waals surface area contributed by atoms with E-state index >= 15 is 0 Å². The SMILES string of the molecule is O=C(O[C@@H](c1ccccc1)C(F)F)C1CC(c2cccc(F)c2)=NO1. The van der Waals surface area contributed by atoms with Gasteiger partial charge in [0.25, 0.3) is 6.43 Å². The molecule has 7 heteroatoms. The number of benzene rings is 2. The highest BCUT2D eigenvalue weighted by Crippen LogP contribution is 2.27. The normalized spacial score (nSPS) is 17.8. The van der Waals surface area contributed by atoms with Crippen LogP contribution in [0.15, 0.2) is 59.8 Å². The van der Waals surface area contributed by atoms with Gasteiger partial charge in [0.05, 0.1) is 5.71 Å². The van der Waals surface area contributed by atoms with Crippen LogP contribution in [-0.2, 0) is 14.4 Å². The van der Waals surface area contributed by atoms with Gasteiger partial charge in [0.2, 0.25) is 6.10 Å². The molecule has 0 aromatic heterocycles. The number of ether oxygens (including phenoxy) is 1. The van der Waals surface area contributed by atoms with Crippen LogP contribution in [0.25, 0.3) is 0 Å². The second-order valence-corrected chi connectivity index (χ2v) is 5.45. The van der Waals surface area contributed by atoms with Crippen LogP contribution in [0.3, 0.4) is 0 Å². The van der Waals surface area contributed by atoms with Crippen LogP contribution in [-0.4, -0.2) is 24.2 Å². The van der Waals surface area contributed by atoms with E-state index in [9.17, 15) is 18.0 Å². The predicted octanol–water partition coefficient (Wildman–Crippen LogP) is 3.87. The minimum Gasteiger partial charge on any atom is -0.449 e. The number of carbonyl (C=O) groups excluding carboxylic acids is 1. The van der Waals surface area contributed by atoms with E-state index in [4.69, 9.17) is 9.57 Å². The van der Waals surface area contributed by atoms with Crippen LogP contribution in [0.1, 0.15) is 23.7 Å². The Bertz CT molecular complexity index is 780. The summed E-state index contributed by atoms with van der Waals surface area (Å²) in [5.41, 5.74) is 1.01. The summed E-state index contributed by atoms with van der Waals surface area (Å²) in [5, 5.41) is 3.74. The molecule has 1 heterocycles. The van der Waals surface area contributed by atoms with Gasteiger partial charge in [-0.25, -0.2) is 18.0 Å². The molecule has 0 radical (unpaired) electrons. The average Bonchev–Trinajstić information content (AvgIpc) is 3.10. The largest absolute Gasteiger partial charge is 0.449 e. The summed E-state index contributed by atoms with van der Waals surface area (Å²) < 4.78 is 44.6. The number of carbonyl (C=O) groups is 1. The number of oxime groups is 1. The van der Waals surface area contributed by atoms with Crippen molar-refractivity contribution in [2.24, 2.45) is 5.16 Å². The Kier molecular flexibility index (Phi) is 5.02. The van der Waals surface area contributed by atoms with Crippen LogP contribution in [0.4, 0.5) is 13.2 Å². The fraction of sp³-hybridized carbons (Fsp3) is 0.222. The summed E-state index contributed by atoms with van der Waals surface area (Å²) in [6.07, 6.45) is -5.68. The molecular formula is C18H14F3NO3. The molecule has 0 spiro atoms. The number of hydrogen-bond donors (Lipinski definition) is 0. The van der Waals surface area contributed by atoms with Gasteiger partial charge >= 0.3 is 5.97 Å². The van der Waals surface area contributed by atoms with Crippen LogP contribution in [0.5, 0.6) is 0 Å². The zero-order chi connectivity index (χ0) is 17.8. The first-order valence-corrected chi connectivity index (χ1v) is 7.57. The van der Waals surface area contributed by atoms with E-state index in [0.29, 0.717) is 11.3 Å². The van der Waals surface area contributed by atoms with E-state index < -0.39 is 30.4 Å². The summed E-state index contributed by atoms with van der Waals surface area (Å²) >= 11 is 0. The second kappa shape index (κ2) is 7.38. The van der Waals surface area contributed by atoms with Crippen molar-refractivity contribution >= 4 is 11.7 Å². The lowest BCUT2D eigenvalue weighted by molar-refractivity contribution is -0.169. The first-order chi connectivity index (χ1) is 12.0. The van der Waals surface area contributed by atoms with Gasteiger partial charge in [-0.05, 0) is 17.7 Å². The van der Waals surface area contributed by atoms with E-state index in [-0.39, 0.29) is 12.0 Å². The maximum absolute atomic E-state index is 13.3. The number of alkyl halides is 2. The van der Waals surface area contributed by atoms with Gasteiger partial charge < -0.3 is 9.57 Å². The highest BCUT2D eigenvalue weighted by atomic mass is 19.3. The Morgan fingerprint density at radius 3 is 2.60 bits per heavy atom. The Hall–Kier alpha value is -2.83. The quantitative estimate of drug-likeness (QED) is 0.770. The molecule has 2 aromatic carbocycles. The van der Waals surface area contributed by atoms with E-state index in [1.54, 1.807) is 24.3 Å². The van der Waals surface area contributed by atoms with Crippen molar-refractivity contribution in [3.63, 3.8) is 0 Å². The van der Waals surface area contributed by atoms with Gasteiger partial charge in [0.1, 0.15) is 5.82 Å². The molecule has 0 N–H and O–H groups in total. The number of halogens is 3. The molecule has 0 bridgehead atoms. The standard InChI is InChI=1S/C18H14F3NO3/c19-13-8-4-7-12(9-13)14-10-15(25-22-14)18(23)24-16(17(20)21)11-5-2-1-3-6-11/h1-9,15-17H,10H2/t15?,16-/m0/s1. The minimum atomic E-state index is -2.88. The summed E-state index contributed by atoms with van der Waals surface area (Å²) in [4.78, 5) is 17.1. The highest BCUT2D eigenvalue weighted by molar-refractivity contribution is 6.03. The molecule has 0 amide bonds. The number of nitrogens with zero attached hydrogens (tertiary/aromatic N) is 1. The van der Waals surface area contributed by atoms with Gasteiger partial charge in [-0.2, -0.15) is 0 Å². The van der Waals surface area contributed by atoms with Crippen LogP contribution < -0.4 is 0 Å². The summed E-state index contributed by atoms with van der Waals surface area (Å²) in [7, 11) is 0. The fourth-order valence-electron chi connectivity index (χ4n) is 2.45. The predicted molar refractivity (Wildman–Crippen MR) is 83.7 cm³/mol. The molecule has 4 nitrogen and oxygen atoms in total. The molecule has 0 saturated heterocycles. The molecule has 1 aliphatic heterocycles. The third-order valence-corrected chi connectivity index (χ3v) is 3.69. The highest BCUT2D eigenvalue weighted by Gasteiger charge is 2.35. The van der Waals surface area contributed by atoms with Gasteiger partial charge in [-0.3, -0.25) is 0 Å².